The molecular formula is C28H20ClN3O5S2. The summed E-state index contributed by atoms with van der Waals surface area (Å²) < 4.78 is 13.2. The molecule has 1 atom stereocenters. The second-order valence-electron chi connectivity index (χ2n) is 8.64. The SMILES string of the molecule is CCO[C@H]1Oc2ccc(Cl)cc2C(=O)/C1=C/Nc1ccc2nc(SCN3C(=O)c4ccccc4C3=O)sc2c1. The topological polar surface area (TPSA) is 97.8 Å². The number of rotatable bonds is 7. The second kappa shape index (κ2) is 10.5. The Labute approximate surface area is 236 Å². The molecule has 0 saturated carbocycles. The van der Waals surface area contributed by atoms with Gasteiger partial charge in [-0.15, -0.1) is 11.3 Å². The van der Waals surface area contributed by atoms with Gasteiger partial charge in [-0.25, -0.2) is 4.98 Å². The van der Waals surface area contributed by atoms with Gasteiger partial charge in [-0.05, 0) is 55.5 Å². The highest BCUT2D eigenvalue weighted by Gasteiger charge is 2.35. The number of benzene rings is 3. The van der Waals surface area contributed by atoms with Gasteiger partial charge in [0, 0.05) is 23.5 Å². The Morgan fingerprint density at radius 3 is 2.59 bits per heavy atom. The summed E-state index contributed by atoms with van der Waals surface area (Å²) >= 11 is 8.89. The number of carbonyl (C=O) groups is 3. The van der Waals surface area contributed by atoms with Crippen LogP contribution < -0.4 is 10.1 Å². The Hall–Kier alpha value is -3.70. The average Bonchev–Trinajstić information content (AvgIpc) is 3.45. The predicted molar refractivity (Wildman–Crippen MR) is 151 cm³/mol. The number of hydrogen-bond acceptors (Lipinski definition) is 9. The van der Waals surface area contributed by atoms with Crippen LogP contribution >= 0.6 is 34.7 Å². The van der Waals surface area contributed by atoms with Crippen molar-refractivity contribution in [2.24, 2.45) is 0 Å². The Balaban J connectivity index is 1.18. The van der Waals surface area contributed by atoms with E-state index in [1.807, 2.05) is 25.1 Å². The highest BCUT2D eigenvalue weighted by atomic mass is 35.5. The third kappa shape index (κ3) is 4.80. The van der Waals surface area contributed by atoms with Crippen LogP contribution in [0.25, 0.3) is 10.2 Å². The molecule has 0 radical (unpaired) electrons. The zero-order chi connectivity index (χ0) is 27.1. The Morgan fingerprint density at radius 1 is 1.08 bits per heavy atom. The number of nitrogens with one attached hydrogen (secondary N) is 1. The van der Waals surface area contributed by atoms with Crippen LogP contribution in [0.4, 0.5) is 5.69 Å². The molecule has 3 aromatic carbocycles. The number of Topliss-reactive ketones (excluding diaryl/α,β-unsaturated/α-hetero) is 1. The highest BCUT2D eigenvalue weighted by Crippen LogP contribution is 2.35. The third-order valence-electron chi connectivity index (χ3n) is 6.21. The van der Waals surface area contributed by atoms with Gasteiger partial charge in [-0.1, -0.05) is 35.5 Å². The first-order valence-electron chi connectivity index (χ1n) is 12.0. The van der Waals surface area contributed by atoms with E-state index in [1.165, 1.54) is 28.0 Å². The Kier molecular flexibility index (Phi) is 6.86. The molecule has 0 spiro atoms. The van der Waals surface area contributed by atoms with Gasteiger partial charge in [0.1, 0.15) is 5.75 Å². The van der Waals surface area contributed by atoms with Crippen molar-refractivity contribution in [1.29, 1.82) is 0 Å². The van der Waals surface area contributed by atoms with Gasteiger partial charge in [0.2, 0.25) is 12.1 Å². The maximum atomic E-state index is 13.2. The van der Waals surface area contributed by atoms with E-state index in [0.29, 0.717) is 39.6 Å². The lowest BCUT2D eigenvalue weighted by Gasteiger charge is -2.27. The molecule has 2 aliphatic rings. The molecule has 2 aliphatic heterocycles. The van der Waals surface area contributed by atoms with Crippen LogP contribution in [0.3, 0.4) is 0 Å². The molecule has 196 valence electrons. The minimum atomic E-state index is -0.846. The first-order chi connectivity index (χ1) is 18.9. The van der Waals surface area contributed by atoms with Gasteiger partial charge in [0.15, 0.2) is 4.34 Å². The molecule has 2 amide bonds. The number of aromatic nitrogens is 1. The largest absolute Gasteiger partial charge is 0.460 e. The maximum Gasteiger partial charge on any atom is 0.262 e. The first-order valence-corrected chi connectivity index (χ1v) is 14.2. The molecule has 1 aromatic heterocycles. The minimum absolute atomic E-state index is 0.176. The van der Waals surface area contributed by atoms with Crippen molar-refractivity contribution in [2.75, 3.05) is 17.8 Å². The van der Waals surface area contributed by atoms with E-state index >= 15 is 0 Å². The van der Waals surface area contributed by atoms with E-state index in [9.17, 15) is 14.4 Å². The summed E-state index contributed by atoms with van der Waals surface area (Å²) in [5, 5.41) is 3.62. The number of anilines is 1. The average molecular weight is 578 g/mol. The summed E-state index contributed by atoms with van der Waals surface area (Å²) in [5.41, 5.74) is 3.10. The second-order valence-corrected chi connectivity index (χ2v) is 11.3. The van der Waals surface area contributed by atoms with Crippen LogP contribution in [-0.4, -0.2) is 46.3 Å². The summed E-state index contributed by atoms with van der Waals surface area (Å²) in [6.07, 6.45) is 0.744. The molecule has 1 N–H and O–H groups in total. The Morgan fingerprint density at radius 2 is 1.85 bits per heavy atom. The van der Waals surface area contributed by atoms with Crippen molar-refractivity contribution >= 4 is 68.2 Å². The molecule has 0 fully saturated rings. The summed E-state index contributed by atoms with van der Waals surface area (Å²) in [4.78, 5) is 44.3. The standard InChI is InChI=1S/C28H20ClN3O5S2/c1-2-36-27-20(24(33)19-11-15(29)7-10-22(19)37-27)13-30-16-8-9-21-23(12-16)39-28(31-21)38-14-32-25(34)17-5-3-4-6-18(17)26(32)35/h3-13,27,30H,2,14H2,1H3/b20-13-/t27-/m0/s1. The molecule has 8 nitrogen and oxygen atoms in total. The Bertz CT molecular complexity index is 1650. The number of thiazole rings is 1. The normalized spacial score (nSPS) is 17.5. The first kappa shape index (κ1) is 25.6. The third-order valence-corrected chi connectivity index (χ3v) is 8.59. The summed E-state index contributed by atoms with van der Waals surface area (Å²) in [5.74, 6) is -0.205. The van der Waals surface area contributed by atoms with Crippen molar-refractivity contribution in [3.8, 4) is 5.75 Å². The van der Waals surface area contributed by atoms with Gasteiger partial charge < -0.3 is 14.8 Å². The molecule has 0 aliphatic carbocycles. The van der Waals surface area contributed by atoms with Crippen molar-refractivity contribution in [3.63, 3.8) is 0 Å². The molecule has 0 bridgehead atoms. The smallest absolute Gasteiger partial charge is 0.262 e. The molecule has 11 heteroatoms. The monoisotopic (exact) mass is 577 g/mol. The molecule has 6 rings (SSSR count). The fraction of sp³-hybridized carbons (Fsp3) is 0.143. The fourth-order valence-corrected chi connectivity index (χ4v) is 6.53. The lowest BCUT2D eigenvalue weighted by molar-refractivity contribution is -0.0509. The minimum Gasteiger partial charge on any atom is -0.460 e. The quantitative estimate of drug-likeness (QED) is 0.157. The van der Waals surface area contributed by atoms with Crippen LogP contribution in [0, 0.1) is 0 Å². The van der Waals surface area contributed by atoms with Crippen LogP contribution in [0.1, 0.15) is 38.0 Å². The number of imide groups is 1. The van der Waals surface area contributed by atoms with E-state index < -0.39 is 6.29 Å². The van der Waals surface area contributed by atoms with E-state index in [0.717, 1.165) is 20.2 Å². The molecule has 0 unspecified atom stereocenters. The van der Waals surface area contributed by atoms with Gasteiger partial charge in [0.25, 0.3) is 11.8 Å². The number of thioether (sulfide) groups is 1. The lowest BCUT2D eigenvalue weighted by Crippen LogP contribution is -2.33. The molecule has 39 heavy (non-hydrogen) atoms. The lowest BCUT2D eigenvalue weighted by atomic mass is 10.00. The van der Waals surface area contributed by atoms with E-state index in [2.05, 4.69) is 10.3 Å². The number of halogens is 1. The number of hydrogen-bond donors (Lipinski definition) is 1. The molecular weight excluding hydrogens is 558 g/mol. The van der Waals surface area contributed by atoms with E-state index in [4.69, 9.17) is 21.1 Å². The van der Waals surface area contributed by atoms with Crippen molar-refractivity contribution in [3.05, 3.63) is 94.1 Å². The number of amides is 2. The van der Waals surface area contributed by atoms with E-state index in [-0.39, 0.29) is 23.5 Å². The number of ether oxygens (including phenoxy) is 2. The van der Waals surface area contributed by atoms with Crippen LogP contribution in [0.5, 0.6) is 5.75 Å². The molecule has 0 saturated heterocycles. The molecule has 3 heterocycles. The zero-order valence-corrected chi connectivity index (χ0v) is 22.9. The fourth-order valence-electron chi connectivity index (χ4n) is 4.32. The maximum absolute atomic E-state index is 13.2. The van der Waals surface area contributed by atoms with Crippen LogP contribution in [0.15, 0.2) is 76.8 Å². The number of nitrogens with zero attached hydrogens (tertiary/aromatic N) is 2. The summed E-state index contributed by atoms with van der Waals surface area (Å²) in [6.45, 7) is 2.20. The van der Waals surface area contributed by atoms with Gasteiger partial charge in [-0.3, -0.25) is 19.3 Å². The van der Waals surface area contributed by atoms with Crippen LogP contribution in [0.2, 0.25) is 5.02 Å². The predicted octanol–water partition coefficient (Wildman–Crippen LogP) is 6.23. The van der Waals surface area contributed by atoms with Gasteiger partial charge >= 0.3 is 0 Å². The van der Waals surface area contributed by atoms with Crippen molar-refractivity contribution in [2.45, 2.75) is 17.6 Å². The van der Waals surface area contributed by atoms with Gasteiger partial charge in [0.05, 0.1) is 38.4 Å². The van der Waals surface area contributed by atoms with E-state index in [1.54, 1.807) is 48.7 Å². The number of ketones is 1. The highest BCUT2D eigenvalue weighted by molar-refractivity contribution is 8.01. The molecule has 4 aromatic rings. The van der Waals surface area contributed by atoms with Crippen LogP contribution in [-0.2, 0) is 4.74 Å². The van der Waals surface area contributed by atoms with Gasteiger partial charge in [-0.2, -0.15) is 0 Å². The van der Waals surface area contributed by atoms with Crippen molar-refractivity contribution < 1.29 is 23.9 Å². The zero-order valence-electron chi connectivity index (χ0n) is 20.5. The summed E-state index contributed by atoms with van der Waals surface area (Å²) in [6, 6.07) is 17.4. The van der Waals surface area contributed by atoms with Crippen molar-refractivity contribution in [1.82, 2.24) is 9.88 Å². The number of fused-ring (bicyclic) bond motifs is 3. The summed E-state index contributed by atoms with van der Waals surface area (Å²) in [7, 11) is 0. The number of carbonyl (C=O) groups excluding carboxylic acids is 3.